The van der Waals surface area contributed by atoms with Crippen molar-refractivity contribution < 1.29 is 5.11 Å². The van der Waals surface area contributed by atoms with E-state index in [0.717, 1.165) is 22.5 Å². The number of anilines is 1. The molecule has 3 aromatic heterocycles. The molecule has 0 radical (unpaired) electrons. The Kier molecular flexibility index (Phi) is 3.30. The third-order valence-corrected chi connectivity index (χ3v) is 3.42. The summed E-state index contributed by atoms with van der Waals surface area (Å²) >= 11 is 0. The average molecular weight is 287 g/mol. The van der Waals surface area contributed by atoms with Gasteiger partial charge in [0.2, 0.25) is 0 Å². The number of H-pyrrole nitrogens is 1. The number of rotatable bonds is 4. The van der Waals surface area contributed by atoms with Gasteiger partial charge in [-0.05, 0) is 13.8 Å². The normalized spacial score (nSPS) is 11.2. The number of aryl methyl sites for hydroxylation is 2. The molecular weight excluding hydrogens is 270 g/mol. The van der Waals surface area contributed by atoms with Crippen molar-refractivity contribution >= 4 is 17.0 Å². The second kappa shape index (κ2) is 5.13. The zero-order valence-corrected chi connectivity index (χ0v) is 12.2. The number of imidazole rings is 1. The molecule has 0 bridgehead atoms. The number of aromatic amines is 1. The number of nitrogens with zero attached hydrogens (tertiary/aromatic N) is 5. The second-order valence-corrected chi connectivity index (χ2v) is 4.82. The maximum Gasteiger partial charge on any atom is 0.183 e. The summed E-state index contributed by atoms with van der Waals surface area (Å²) in [6.07, 6.45) is 1.58. The third-order valence-electron chi connectivity index (χ3n) is 3.42. The Bertz CT molecular complexity index is 789. The number of nitrogens with one attached hydrogen (secondary N) is 2. The quantitative estimate of drug-likeness (QED) is 0.655. The van der Waals surface area contributed by atoms with Crippen molar-refractivity contribution in [1.82, 2.24) is 29.7 Å². The Morgan fingerprint density at radius 1 is 1.33 bits per heavy atom. The van der Waals surface area contributed by atoms with Crippen molar-refractivity contribution in [2.75, 3.05) is 18.5 Å². The molecule has 8 heteroatoms. The molecule has 3 heterocycles. The summed E-state index contributed by atoms with van der Waals surface area (Å²) < 4.78 is 1.81. The fourth-order valence-electron chi connectivity index (χ4n) is 2.34. The van der Waals surface area contributed by atoms with Crippen LogP contribution in [0.4, 0.5) is 5.82 Å². The van der Waals surface area contributed by atoms with Crippen LogP contribution in [0.5, 0.6) is 0 Å². The fraction of sp³-hybridized carbons (Fsp3) is 0.385. The van der Waals surface area contributed by atoms with Gasteiger partial charge in [0.25, 0.3) is 0 Å². The molecule has 0 amide bonds. The van der Waals surface area contributed by atoms with E-state index in [1.165, 1.54) is 0 Å². The van der Waals surface area contributed by atoms with E-state index in [-0.39, 0.29) is 6.61 Å². The van der Waals surface area contributed by atoms with Crippen LogP contribution < -0.4 is 5.32 Å². The van der Waals surface area contributed by atoms with Crippen molar-refractivity contribution in [2.24, 2.45) is 7.05 Å². The van der Waals surface area contributed by atoms with Gasteiger partial charge in [-0.2, -0.15) is 5.10 Å². The van der Waals surface area contributed by atoms with Crippen LogP contribution in [0.25, 0.3) is 22.6 Å². The van der Waals surface area contributed by atoms with E-state index in [1.807, 2.05) is 25.6 Å². The number of aliphatic hydroxyl groups is 1. The van der Waals surface area contributed by atoms with E-state index >= 15 is 0 Å². The van der Waals surface area contributed by atoms with E-state index in [1.54, 1.807) is 6.33 Å². The highest BCUT2D eigenvalue weighted by atomic mass is 16.3. The molecule has 0 unspecified atom stereocenters. The van der Waals surface area contributed by atoms with Crippen molar-refractivity contribution in [3.63, 3.8) is 0 Å². The minimum atomic E-state index is 0.0277. The largest absolute Gasteiger partial charge is 0.395 e. The molecule has 0 atom stereocenters. The molecule has 0 aliphatic carbocycles. The molecule has 0 aliphatic heterocycles. The maximum atomic E-state index is 8.98. The summed E-state index contributed by atoms with van der Waals surface area (Å²) in [7, 11) is 1.89. The number of hydrogen-bond acceptors (Lipinski definition) is 6. The van der Waals surface area contributed by atoms with Crippen LogP contribution in [0.3, 0.4) is 0 Å². The van der Waals surface area contributed by atoms with Gasteiger partial charge >= 0.3 is 0 Å². The van der Waals surface area contributed by atoms with E-state index in [9.17, 15) is 0 Å². The Hall–Kier alpha value is -2.48. The lowest BCUT2D eigenvalue weighted by Crippen LogP contribution is -2.09. The molecule has 3 aromatic rings. The van der Waals surface area contributed by atoms with Gasteiger partial charge in [-0.3, -0.25) is 4.68 Å². The summed E-state index contributed by atoms with van der Waals surface area (Å²) in [5, 5.41) is 16.5. The lowest BCUT2D eigenvalue weighted by molar-refractivity contribution is 0.311. The molecule has 3 N–H and O–H groups in total. The van der Waals surface area contributed by atoms with E-state index in [4.69, 9.17) is 5.11 Å². The minimum Gasteiger partial charge on any atom is -0.395 e. The van der Waals surface area contributed by atoms with Crippen LogP contribution in [0.1, 0.15) is 11.4 Å². The Labute approximate surface area is 121 Å². The third kappa shape index (κ3) is 2.23. The molecule has 0 saturated carbocycles. The predicted molar refractivity (Wildman–Crippen MR) is 78.9 cm³/mol. The standard InChI is InChI=1S/C13H17N7O/c1-7-9(8(2)20(3)19-7)11-17-12(14-4-5-21)10-13(18-11)16-6-15-10/h6,21H,4-5H2,1-3H3,(H2,14,15,16,17,18). The molecule has 110 valence electrons. The van der Waals surface area contributed by atoms with E-state index in [2.05, 4.69) is 30.4 Å². The first-order valence-corrected chi connectivity index (χ1v) is 6.68. The molecule has 0 aromatic carbocycles. The highest BCUT2D eigenvalue weighted by molar-refractivity contribution is 5.84. The van der Waals surface area contributed by atoms with Gasteiger partial charge in [0, 0.05) is 19.3 Å². The van der Waals surface area contributed by atoms with Crippen molar-refractivity contribution in [3.05, 3.63) is 17.7 Å². The fourth-order valence-corrected chi connectivity index (χ4v) is 2.34. The molecule has 21 heavy (non-hydrogen) atoms. The number of hydrogen-bond donors (Lipinski definition) is 3. The van der Waals surface area contributed by atoms with Crippen LogP contribution in [0.2, 0.25) is 0 Å². The highest BCUT2D eigenvalue weighted by Crippen LogP contribution is 2.27. The summed E-state index contributed by atoms with van der Waals surface area (Å²) in [5.74, 6) is 1.21. The smallest absolute Gasteiger partial charge is 0.183 e. The molecular formula is C13H17N7O. The first kappa shape index (κ1) is 13.5. The van der Waals surface area contributed by atoms with Gasteiger partial charge in [0.15, 0.2) is 17.3 Å². The van der Waals surface area contributed by atoms with E-state index in [0.29, 0.717) is 23.8 Å². The highest BCUT2D eigenvalue weighted by Gasteiger charge is 2.17. The minimum absolute atomic E-state index is 0.0277. The van der Waals surface area contributed by atoms with Crippen LogP contribution in [-0.2, 0) is 7.05 Å². The van der Waals surface area contributed by atoms with Gasteiger partial charge in [-0.15, -0.1) is 0 Å². The molecule has 0 spiro atoms. The Morgan fingerprint density at radius 2 is 2.14 bits per heavy atom. The molecule has 3 rings (SSSR count). The molecule has 0 fully saturated rings. The van der Waals surface area contributed by atoms with Gasteiger partial charge in [0.1, 0.15) is 5.52 Å². The SMILES string of the molecule is Cc1nn(C)c(C)c1-c1nc(NCCO)c2[nH]cnc2n1. The van der Waals surface area contributed by atoms with Gasteiger partial charge < -0.3 is 15.4 Å². The van der Waals surface area contributed by atoms with Crippen LogP contribution >= 0.6 is 0 Å². The lowest BCUT2D eigenvalue weighted by atomic mass is 10.2. The van der Waals surface area contributed by atoms with Gasteiger partial charge in [-0.1, -0.05) is 0 Å². The van der Waals surface area contributed by atoms with Crippen LogP contribution in [0, 0.1) is 13.8 Å². The van der Waals surface area contributed by atoms with E-state index < -0.39 is 0 Å². The summed E-state index contributed by atoms with van der Waals surface area (Å²) in [6.45, 7) is 4.35. The number of fused-ring (bicyclic) bond motifs is 1. The zero-order chi connectivity index (χ0) is 15.0. The molecule has 0 aliphatic rings. The monoisotopic (exact) mass is 287 g/mol. The number of aromatic nitrogens is 6. The molecule has 0 saturated heterocycles. The second-order valence-electron chi connectivity index (χ2n) is 4.82. The Morgan fingerprint density at radius 3 is 2.81 bits per heavy atom. The van der Waals surface area contributed by atoms with Crippen LogP contribution in [0.15, 0.2) is 6.33 Å². The number of aliphatic hydroxyl groups excluding tert-OH is 1. The topological polar surface area (TPSA) is 105 Å². The summed E-state index contributed by atoms with van der Waals surface area (Å²) in [6, 6.07) is 0. The maximum absolute atomic E-state index is 8.98. The van der Waals surface area contributed by atoms with Gasteiger partial charge in [0.05, 0.1) is 24.2 Å². The van der Waals surface area contributed by atoms with Crippen molar-refractivity contribution in [2.45, 2.75) is 13.8 Å². The van der Waals surface area contributed by atoms with Gasteiger partial charge in [-0.25, -0.2) is 15.0 Å². The van der Waals surface area contributed by atoms with Crippen molar-refractivity contribution in [3.8, 4) is 11.4 Å². The summed E-state index contributed by atoms with van der Waals surface area (Å²) in [5.41, 5.74) is 4.09. The predicted octanol–water partition coefficient (Wildman–Crippen LogP) is 0.774. The zero-order valence-electron chi connectivity index (χ0n) is 12.2. The first-order valence-electron chi connectivity index (χ1n) is 6.68. The first-order chi connectivity index (χ1) is 10.1. The lowest BCUT2D eigenvalue weighted by Gasteiger charge is -2.07. The average Bonchev–Trinajstić information content (AvgIpc) is 3.01. The van der Waals surface area contributed by atoms with Crippen molar-refractivity contribution in [1.29, 1.82) is 0 Å². The van der Waals surface area contributed by atoms with Crippen LogP contribution in [-0.4, -0.2) is 48.0 Å². The molecule has 8 nitrogen and oxygen atoms in total. The summed E-state index contributed by atoms with van der Waals surface area (Å²) in [4.78, 5) is 16.3. The Balaban J connectivity index is 2.18.